The molecule has 0 saturated carbocycles. The number of hydrogen-bond acceptors (Lipinski definition) is 4. The Balaban J connectivity index is 2.05. The number of nitrogens with zero attached hydrogens (tertiary/aromatic N) is 1. The number of rotatable bonds is 7. The molecule has 0 bridgehead atoms. The van der Waals surface area contributed by atoms with Gasteiger partial charge >= 0.3 is 0 Å². The SMILES string of the molecule is CC(=O)Nc1cccc(NC(=O)CCN(c2cccc(F)c2)S(C)(=O)=O)c1. The Morgan fingerprint density at radius 3 is 2.26 bits per heavy atom. The fraction of sp³-hybridized carbons (Fsp3) is 0.222. The Labute approximate surface area is 157 Å². The lowest BCUT2D eigenvalue weighted by Crippen LogP contribution is -2.33. The van der Waals surface area contributed by atoms with Crippen LogP contribution in [0.1, 0.15) is 13.3 Å². The number of halogens is 1. The molecule has 0 aromatic heterocycles. The molecule has 2 N–H and O–H groups in total. The zero-order chi connectivity index (χ0) is 20.0. The number of carbonyl (C=O) groups excluding carboxylic acids is 2. The van der Waals surface area contributed by atoms with Gasteiger partial charge in [-0.3, -0.25) is 13.9 Å². The van der Waals surface area contributed by atoms with Gasteiger partial charge in [0.05, 0.1) is 11.9 Å². The molecule has 0 aliphatic carbocycles. The average molecular weight is 393 g/mol. The van der Waals surface area contributed by atoms with E-state index in [2.05, 4.69) is 10.6 Å². The highest BCUT2D eigenvalue weighted by molar-refractivity contribution is 7.92. The van der Waals surface area contributed by atoms with Crippen LogP contribution < -0.4 is 14.9 Å². The van der Waals surface area contributed by atoms with E-state index < -0.39 is 21.7 Å². The highest BCUT2D eigenvalue weighted by Gasteiger charge is 2.19. The zero-order valence-electron chi connectivity index (χ0n) is 14.9. The van der Waals surface area contributed by atoms with E-state index in [1.807, 2.05) is 0 Å². The lowest BCUT2D eigenvalue weighted by atomic mass is 10.2. The number of sulfonamides is 1. The van der Waals surface area contributed by atoms with Crippen molar-refractivity contribution < 1.29 is 22.4 Å². The average Bonchev–Trinajstić information content (AvgIpc) is 2.53. The van der Waals surface area contributed by atoms with E-state index in [-0.39, 0.29) is 24.6 Å². The van der Waals surface area contributed by atoms with Crippen LogP contribution in [0.25, 0.3) is 0 Å². The van der Waals surface area contributed by atoms with Crippen LogP contribution in [0, 0.1) is 5.82 Å². The smallest absolute Gasteiger partial charge is 0.232 e. The minimum Gasteiger partial charge on any atom is -0.326 e. The molecular weight excluding hydrogens is 373 g/mol. The quantitative estimate of drug-likeness (QED) is 0.756. The van der Waals surface area contributed by atoms with Crippen LogP contribution in [0.5, 0.6) is 0 Å². The van der Waals surface area contributed by atoms with Gasteiger partial charge in [0.2, 0.25) is 21.8 Å². The van der Waals surface area contributed by atoms with Gasteiger partial charge in [-0.15, -0.1) is 0 Å². The van der Waals surface area contributed by atoms with Crippen LogP contribution >= 0.6 is 0 Å². The van der Waals surface area contributed by atoms with Crippen LogP contribution in [0.4, 0.5) is 21.5 Å². The molecule has 0 spiro atoms. The van der Waals surface area contributed by atoms with Crippen molar-refractivity contribution in [3.63, 3.8) is 0 Å². The number of benzene rings is 2. The van der Waals surface area contributed by atoms with Gasteiger partial charge in [-0.1, -0.05) is 12.1 Å². The minimum atomic E-state index is -3.68. The van der Waals surface area contributed by atoms with Crippen LogP contribution in [0.3, 0.4) is 0 Å². The molecule has 0 aliphatic rings. The first-order valence-corrected chi connectivity index (χ1v) is 9.91. The summed E-state index contributed by atoms with van der Waals surface area (Å²) in [6, 6.07) is 11.7. The summed E-state index contributed by atoms with van der Waals surface area (Å²) in [5.41, 5.74) is 1.14. The number of nitrogens with one attached hydrogen (secondary N) is 2. The van der Waals surface area contributed by atoms with Crippen molar-refractivity contribution in [3.8, 4) is 0 Å². The van der Waals surface area contributed by atoms with Gasteiger partial charge in [0.1, 0.15) is 5.82 Å². The predicted molar refractivity (Wildman–Crippen MR) is 103 cm³/mol. The number of amides is 2. The van der Waals surface area contributed by atoms with Crippen molar-refractivity contribution >= 4 is 38.9 Å². The largest absolute Gasteiger partial charge is 0.326 e. The molecular formula is C18H20FN3O4S. The molecule has 144 valence electrons. The third-order valence-electron chi connectivity index (χ3n) is 3.51. The fourth-order valence-corrected chi connectivity index (χ4v) is 3.34. The minimum absolute atomic E-state index is 0.131. The maximum absolute atomic E-state index is 13.4. The third kappa shape index (κ3) is 6.37. The van der Waals surface area contributed by atoms with Gasteiger partial charge < -0.3 is 10.6 Å². The molecule has 2 amide bonds. The molecule has 27 heavy (non-hydrogen) atoms. The number of carbonyl (C=O) groups is 2. The van der Waals surface area contributed by atoms with E-state index >= 15 is 0 Å². The Morgan fingerprint density at radius 2 is 1.67 bits per heavy atom. The predicted octanol–water partition coefficient (Wildman–Crippen LogP) is 2.58. The zero-order valence-corrected chi connectivity index (χ0v) is 15.7. The number of hydrogen-bond donors (Lipinski definition) is 2. The lowest BCUT2D eigenvalue weighted by Gasteiger charge is -2.22. The van der Waals surface area contributed by atoms with E-state index in [1.165, 1.54) is 25.1 Å². The Hall–Kier alpha value is -2.94. The van der Waals surface area contributed by atoms with Gasteiger partial charge in [0.25, 0.3) is 0 Å². The summed E-state index contributed by atoms with van der Waals surface area (Å²) in [5, 5.41) is 5.24. The van der Waals surface area contributed by atoms with E-state index in [1.54, 1.807) is 24.3 Å². The van der Waals surface area contributed by atoms with Gasteiger partial charge in [-0.05, 0) is 36.4 Å². The Kier molecular flexibility index (Phi) is 6.51. The molecule has 0 heterocycles. The molecule has 0 aliphatic heterocycles. The molecule has 0 radical (unpaired) electrons. The van der Waals surface area contributed by atoms with Crippen molar-refractivity contribution in [1.29, 1.82) is 0 Å². The molecule has 9 heteroatoms. The fourth-order valence-electron chi connectivity index (χ4n) is 2.42. The van der Waals surface area contributed by atoms with Crippen LogP contribution in [-0.4, -0.2) is 33.0 Å². The van der Waals surface area contributed by atoms with Crippen molar-refractivity contribution in [1.82, 2.24) is 0 Å². The lowest BCUT2D eigenvalue weighted by molar-refractivity contribution is -0.116. The van der Waals surface area contributed by atoms with E-state index in [0.29, 0.717) is 11.4 Å². The summed E-state index contributed by atoms with van der Waals surface area (Å²) in [6.07, 6.45) is 0.862. The molecule has 2 aromatic rings. The van der Waals surface area contributed by atoms with Gasteiger partial charge in [0.15, 0.2) is 0 Å². The summed E-state index contributed by atoms with van der Waals surface area (Å²) in [5.74, 6) is -1.22. The first-order chi connectivity index (χ1) is 12.6. The second-order valence-electron chi connectivity index (χ2n) is 5.88. The Bertz CT molecular complexity index is 947. The molecule has 0 fully saturated rings. The van der Waals surface area contributed by atoms with E-state index in [9.17, 15) is 22.4 Å². The van der Waals surface area contributed by atoms with Crippen LogP contribution in [0.15, 0.2) is 48.5 Å². The monoisotopic (exact) mass is 393 g/mol. The third-order valence-corrected chi connectivity index (χ3v) is 4.70. The van der Waals surface area contributed by atoms with Crippen LogP contribution in [0.2, 0.25) is 0 Å². The molecule has 0 saturated heterocycles. The highest BCUT2D eigenvalue weighted by atomic mass is 32.2. The highest BCUT2D eigenvalue weighted by Crippen LogP contribution is 2.19. The molecule has 2 aromatic carbocycles. The van der Waals surface area contributed by atoms with Crippen molar-refractivity contribution in [2.24, 2.45) is 0 Å². The standard InChI is InChI=1S/C18H20FN3O4S/c1-13(23)20-15-6-4-7-16(12-15)21-18(24)9-10-22(27(2,25)26)17-8-3-5-14(19)11-17/h3-8,11-12H,9-10H2,1-2H3,(H,20,23)(H,21,24). The normalized spacial score (nSPS) is 10.9. The molecule has 0 unspecified atom stereocenters. The summed E-state index contributed by atoms with van der Waals surface area (Å²) < 4.78 is 38.4. The van der Waals surface area contributed by atoms with Crippen molar-refractivity contribution in [2.75, 3.05) is 27.7 Å². The first kappa shape index (κ1) is 20.4. The topological polar surface area (TPSA) is 95.6 Å². The van der Waals surface area contributed by atoms with Gasteiger partial charge in [-0.25, -0.2) is 12.8 Å². The van der Waals surface area contributed by atoms with E-state index in [4.69, 9.17) is 0 Å². The molecule has 7 nitrogen and oxygen atoms in total. The van der Waals surface area contributed by atoms with Crippen molar-refractivity contribution in [2.45, 2.75) is 13.3 Å². The summed E-state index contributed by atoms with van der Waals surface area (Å²) >= 11 is 0. The molecule has 0 atom stereocenters. The number of anilines is 3. The van der Waals surface area contributed by atoms with Crippen LogP contribution in [-0.2, 0) is 19.6 Å². The maximum Gasteiger partial charge on any atom is 0.232 e. The Morgan fingerprint density at radius 1 is 1.04 bits per heavy atom. The van der Waals surface area contributed by atoms with Crippen molar-refractivity contribution in [3.05, 3.63) is 54.3 Å². The second kappa shape index (κ2) is 8.63. The summed E-state index contributed by atoms with van der Waals surface area (Å²) in [7, 11) is -3.68. The summed E-state index contributed by atoms with van der Waals surface area (Å²) in [4.78, 5) is 23.3. The maximum atomic E-state index is 13.4. The first-order valence-electron chi connectivity index (χ1n) is 8.06. The summed E-state index contributed by atoms with van der Waals surface area (Å²) in [6.45, 7) is 1.23. The van der Waals surface area contributed by atoms with E-state index in [0.717, 1.165) is 16.6 Å². The van der Waals surface area contributed by atoms with Gasteiger partial charge in [0, 0.05) is 31.3 Å². The second-order valence-corrected chi connectivity index (χ2v) is 7.78. The van der Waals surface area contributed by atoms with Gasteiger partial charge in [-0.2, -0.15) is 0 Å². The molecule has 2 rings (SSSR count).